The van der Waals surface area contributed by atoms with Gasteiger partial charge in [-0.05, 0) is 24.6 Å². The van der Waals surface area contributed by atoms with Crippen LogP contribution < -0.4 is 0 Å². The molecule has 1 aliphatic rings. The summed E-state index contributed by atoms with van der Waals surface area (Å²) in [6.07, 6.45) is 1.75. The van der Waals surface area contributed by atoms with E-state index in [4.69, 9.17) is 4.74 Å². The van der Waals surface area contributed by atoms with Crippen molar-refractivity contribution in [1.82, 2.24) is 9.21 Å². The van der Waals surface area contributed by atoms with Crippen molar-refractivity contribution in [2.24, 2.45) is 0 Å². The molecule has 0 N–H and O–H groups in total. The molecule has 9 heteroatoms. The fraction of sp³-hybridized carbons (Fsp3) is 0.562. The summed E-state index contributed by atoms with van der Waals surface area (Å²) in [7, 11) is -3.89. The van der Waals surface area contributed by atoms with Gasteiger partial charge in [-0.3, -0.25) is 9.69 Å². The third-order valence-electron chi connectivity index (χ3n) is 3.97. The number of rotatable bonds is 7. The van der Waals surface area contributed by atoms with E-state index in [1.807, 2.05) is 11.8 Å². The Morgan fingerprint density at radius 3 is 2.44 bits per heavy atom. The highest BCUT2D eigenvalue weighted by Gasteiger charge is 2.29. The van der Waals surface area contributed by atoms with E-state index < -0.39 is 21.7 Å². The molecular weight excluding hydrogens is 354 g/mol. The predicted molar refractivity (Wildman–Crippen MR) is 87.4 cm³/mol. The molecule has 0 atom stereocenters. The van der Waals surface area contributed by atoms with Gasteiger partial charge in [0.25, 0.3) is 0 Å². The summed E-state index contributed by atoms with van der Waals surface area (Å²) >= 11 is 0. The predicted octanol–water partition coefficient (Wildman–Crippen LogP) is 1.61. The highest BCUT2D eigenvalue weighted by atomic mass is 32.2. The van der Waals surface area contributed by atoms with E-state index in [0.717, 1.165) is 25.0 Å². The smallest absolute Gasteiger partial charge is 0.320 e. The zero-order valence-electron chi connectivity index (χ0n) is 14.1. The van der Waals surface area contributed by atoms with E-state index >= 15 is 0 Å². The molecule has 1 aromatic rings. The number of carbonyl (C=O) groups is 1. The van der Waals surface area contributed by atoms with Gasteiger partial charge in [0.05, 0.1) is 18.0 Å². The summed E-state index contributed by atoms with van der Waals surface area (Å²) in [6.45, 7) is 3.58. The van der Waals surface area contributed by atoms with Crippen molar-refractivity contribution in [3.8, 4) is 0 Å². The van der Waals surface area contributed by atoms with Gasteiger partial charge in [-0.2, -0.15) is 4.31 Å². The molecule has 0 unspecified atom stereocenters. The number of carbonyl (C=O) groups excluding carboxylic acids is 1. The first-order valence-corrected chi connectivity index (χ1v) is 9.61. The summed E-state index contributed by atoms with van der Waals surface area (Å²) in [4.78, 5) is 13.2. The molecule has 1 fully saturated rings. The first-order valence-electron chi connectivity index (χ1n) is 8.17. The van der Waals surface area contributed by atoms with Gasteiger partial charge >= 0.3 is 5.97 Å². The van der Waals surface area contributed by atoms with Crippen LogP contribution in [-0.4, -0.2) is 62.9 Å². The molecule has 0 radical (unpaired) electrons. The first-order chi connectivity index (χ1) is 11.8. The number of benzene rings is 1. The molecule has 0 bridgehead atoms. The fourth-order valence-corrected chi connectivity index (χ4v) is 3.91. The molecule has 1 aliphatic heterocycles. The Labute approximate surface area is 146 Å². The second-order valence-corrected chi connectivity index (χ2v) is 7.77. The molecule has 0 spiro atoms. The maximum absolute atomic E-state index is 13.3. The number of piperazine rings is 1. The van der Waals surface area contributed by atoms with Crippen molar-refractivity contribution < 1.29 is 26.7 Å². The van der Waals surface area contributed by atoms with Crippen LogP contribution in [0, 0.1) is 11.6 Å². The normalized spacial score (nSPS) is 16.8. The maximum Gasteiger partial charge on any atom is 0.320 e. The van der Waals surface area contributed by atoms with Gasteiger partial charge in [0, 0.05) is 26.2 Å². The van der Waals surface area contributed by atoms with Crippen molar-refractivity contribution >= 4 is 16.0 Å². The molecule has 2 rings (SSSR count). The zero-order chi connectivity index (χ0) is 18.4. The molecule has 0 saturated carbocycles. The van der Waals surface area contributed by atoms with Gasteiger partial charge in [0.15, 0.2) is 11.6 Å². The van der Waals surface area contributed by atoms with Crippen LogP contribution in [0.1, 0.15) is 19.8 Å². The van der Waals surface area contributed by atoms with E-state index in [1.54, 1.807) is 0 Å². The van der Waals surface area contributed by atoms with Gasteiger partial charge in [-0.1, -0.05) is 13.3 Å². The van der Waals surface area contributed by atoms with Crippen molar-refractivity contribution in [2.45, 2.75) is 24.7 Å². The minimum Gasteiger partial charge on any atom is -0.465 e. The number of halogens is 2. The molecule has 1 heterocycles. The third-order valence-corrected chi connectivity index (χ3v) is 5.87. The highest BCUT2D eigenvalue weighted by molar-refractivity contribution is 7.89. The first kappa shape index (κ1) is 19.7. The third kappa shape index (κ3) is 5.20. The van der Waals surface area contributed by atoms with Crippen LogP contribution in [0.5, 0.6) is 0 Å². The standard InChI is InChI=1S/C16H22F2N2O4S/c1-2-3-10-24-16(21)12-19-6-8-20(9-7-19)25(22,23)13-4-5-14(17)15(18)11-13/h4-5,11H,2-3,6-10,12H2,1H3. The lowest BCUT2D eigenvalue weighted by Gasteiger charge is -2.33. The maximum atomic E-state index is 13.3. The largest absolute Gasteiger partial charge is 0.465 e. The zero-order valence-corrected chi connectivity index (χ0v) is 14.9. The minimum atomic E-state index is -3.89. The molecule has 0 aliphatic carbocycles. The number of sulfonamides is 1. The van der Waals surface area contributed by atoms with E-state index in [1.165, 1.54) is 4.31 Å². The number of hydrogen-bond acceptors (Lipinski definition) is 5. The lowest BCUT2D eigenvalue weighted by atomic mass is 10.3. The topological polar surface area (TPSA) is 66.9 Å². The Bertz CT molecular complexity index is 704. The average molecular weight is 376 g/mol. The second kappa shape index (κ2) is 8.68. The van der Waals surface area contributed by atoms with Gasteiger partial charge < -0.3 is 4.74 Å². The van der Waals surface area contributed by atoms with Crippen LogP contribution >= 0.6 is 0 Å². The second-order valence-electron chi connectivity index (χ2n) is 5.83. The van der Waals surface area contributed by atoms with Gasteiger partial charge in [0.1, 0.15) is 0 Å². The van der Waals surface area contributed by atoms with Gasteiger partial charge in [0.2, 0.25) is 10.0 Å². The van der Waals surface area contributed by atoms with Crippen LogP contribution in [0.15, 0.2) is 23.1 Å². The Morgan fingerprint density at radius 1 is 1.16 bits per heavy atom. The Morgan fingerprint density at radius 2 is 1.84 bits per heavy atom. The monoisotopic (exact) mass is 376 g/mol. The molecule has 0 amide bonds. The van der Waals surface area contributed by atoms with Crippen LogP contribution in [0.3, 0.4) is 0 Å². The molecule has 1 saturated heterocycles. The molecule has 140 valence electrons. The molecule has 25 heavy (non-hydrogen) atoms. The highest BCUT2D eigenvalue weighted by Crippen LogP contribution is 2.19. The van der Waals surface area contributed by atoms with Crippen LogP contribution in [0.2, 0.25) is 0 Å². The lowest BCUT2D eigenvalue weighted by molar-refractivity contribution is -0.145. The van der Waals surface area contributed by atoms with Gasteiger partial charge in [-0.15, -0.1) is 0 Å². The van der Waals surface area contributed by atoms with Crippen molar-refractivity contribution in [1.29, 1.82) is 0 Å². The molecule has 1 aromatic carbocycles. The lowest BCUT2D eigenvalue weighted by Crippen LogP contribution is -2.50. The quantitative estimate of drug-likeness (QED) is 0.534. The Hall–Kier alpha value is -1.58. The number of ether oxygens (including phenoxy) is 1. The van der Waals surface area contributed by atoms with E-state index in [0.29, 0.717) is 25.8 Å². The summed E-state index contributed by atoms with van der Waals surface area (Å²) in [6, 6.07) is 2.53. The van der Waals surface area contributed by atoms with E-state index in [2.05, 4.69) is 0 Å². The molecule has 0 aromatic heterocycles. The SMILES string of the molecule is CCCCOC(=O)CN1CCN(S(=O)(=O)c2ccc(F)c(F)c2)CC1. The minimum absolute atomic E-state index is 0.114. The van der Waals surface area contributed by atoms with Crippen LogP contribution in [-0.2, 0) is 19.6 Å². The summed E-state index contributed by atoms with van der Waals surface area (Å²) in [5.74, 6) is -2.62. The van der Waals surface area contributed by atoms with E-state index in [-0.39, 0.29) is 30.5 Å². The Balaban J connectivity index is 1.90. The molecular formula is C16H22F2N2O4S. The van der Waals surface area contributed by atoms with Crippen molar-refractivity contribution in [3.63, 3.8) is 0 Å². The average Bonchev–Trinajstić information content (AvgIpc) is 2.58. The number of nitrogens with zero attached hydrogens (tertiary/aromatic N) is 2. The van der Waals surface area contributed by atoms with Crippen molar-refractivity contribution in [2.75, 3.05) is 39.3 Å². The summed E-state index contributed by atoms with van der Waals surface area (Å²) in [5.41, 5.74) is 0. The number of unbranched alkanes of at least 4 members (excludes halogenated alkanes) is 1. The Kier molecular flexibility index (Phi) is 6.86. The number of hydrogen-bond donors (Lipinski definition) is 0. The molecule has 6 nitrogen and oxygen atoms in total. The van der Waals surface area contributed by atoms with Crippen LogP contribution in [0.4, 0.5) is 8.78 Å². The van der Waals surface area contributed by atoms with E-state index in [9.17, 15) is 22.0 Å². The van der Waals surface area contributed by atoms with Gasteiger partial charge in [-0.25, -0.2) is 17.2 Å². The van der Waals surface area contributed by atoms with Crippen LogP contribution in [0.25, 0.3) is 0 Å². The summed E-state index contributed by atoms with van der Waals surface area (Å²) < 4.78 is 57.5. The fourth-order valence-electron chi connectivity index (χ4n) is 2.47. The summed E-state index contributed by atoms with van der Waals surface area (Å²) in [5, 5.41) is 0. The van der Waals surface area contributed by atoms with Crippen molar-refractivity contribution in [3.05, 3.63) is 29.8 Å². The number of esters is 1.